The Kier molecular flexibility index (Phi) is 5.26. The van der Waals surface area contributed by atoms with Gasteiger partial charge < -0.3 is 16.4 Å². The Morgan fingerprint density at radius 1 is 1.14 bits per heavy atom. The van der Waals surface area contributed by atoms with Crippen LogP contribution < -0.4 is 16.4 Å². The number of nitrogens with one attached hydrogen (secondary N) is 2. The van der Waals surface area contributed by atoms with Crippen LogP contribution in [0.5, 0.6) is 0 Å². The van der Waals surface area contributed by atoms with E-state index in [1.165, 1.54) is 0 Å². The first-order chi connectivity index (χ1) is 10.6. The molecule has 0 fully saturated rings. The minimum atomic E-state index is -0.884. The number of hydrogen-bond donors (Lipinski definition) is 3. The number of halogens is 1. The maximum absolute atomic E-state index is 12.0. The fourth-order valence-electron chi connectivity index (χ4n) is 1.67. The second-order valence-corrected chi connectivity index (χ2v) is 4.80. The molecule has 0 saturated carbocycles. The van der Waals surface area contributed by atoms with E-state index in [-0.39, 0.29) is 17.6 Å². The van der Waals surface area contributed by atoms with Crippen LogP contribution in [0.25, 0.3) is 0 Å². The van der Waals surface area contributed by atoms with Crippen LogP contribution in [0.3, 0.4) is 0 Å². The Bertz CT molecular complexity index is 648. The van der Waals surface area contributed by atoms with E-state index in [1.54, 1.807) is 42.5 Å². The van der Waals surface area contributed by atoms with Crippen LogP contribution in [0, 0.1) is 0 Å². The summed E-state index contributed by atoms with van der Waals surface area (Å²) in [5, 5.41) is 13.1. The number of benzene rings is 1. The first-order valence-electron chi connectivity index (χ1n) is 6.44. The molecule has 0 aliphatic heterocycles. The maximum atomic E-state index is 12.0. The molecular weight excluding hydrogens is 306 g/mol. The third-order valence-corrected chi connectivity index (χ3v) is 3.01. The summed E-state index contributed by atoms with van der Waals surface area (Å²) in [4.78, 5) is 23.5. The molecule has 0 radical (unpaired) electrons. The maximum Gasteiger partial charge on any atom is 0.251 e. The lowest BCUT2D eigenvalue weighted by Gasteiger charge is -2.16. The molecule has 0 aliphatic carbocycles. The second-order valence-electron chi connectivity index (χ2n) is 4.42. The summed E-state index contributed by atoms with van der Waals surface area (Å²) >= 11 is 5.63. The van der Waals surface area contributed by atoms with Crippen LogP contribution in [0.1, 0.15) is 10.4 Å². The van der Waals surface area contributed by atoms with Gasteiger partial charge in [-0.2, -0.15) is 0 Å². The molecule has 0 aliphatic rings. The van der Waals surface area contributed by atoms with Gasteiger partial charge >= 0.3 is 0 Å². The zero-order valence-electron chi connectivity index (χ0n) is 11.5. The van der Waals surface area contributed by atoms with Gasteiger partial charge in [0.2, 0.25) is 5.91 Å². The Balaban J connectivity index is 1.97. The number of carbonyl (C=O) groups is 2. The van der Waals surface area contributed by atoms with Crippen LogP contribution in [-0.2, 0) is 4.79 Å². The third-order valence-electron chi connectivity index (χ3n) is 2.80. The number of hydrogen-bond acceptors (Lipinski definition) is 5. The molecule has 1 atom stereocenters. The summed E-state index contributed by atoms with van der Waals surface area (Å²) in [6.07, 6.45) is 0. The van der Waals surface area contributed by atoms with Gasteiger partial charge in [-0.25, -0.2) is 0 Å². The van der Waals surface area contributed by atoms with Gasteiger partial charge in [0, 0.05) is 12.1 Å². The minimum Gasteiger partial charge on any atom is -0.368 e. The van der Waals surface area contributed by atoms with Gasteiger partial charge in [-0.1, -0.05) is 29.8 Å². The van der Waals surface area contributed by atoms with Gasteiger partial charge in [0.05, 0.1) is 0 Å². The summed E-state index contributed by atoms with van der Waals surface area (Å²) < 4.78 is 0. The van der Waals surface area contributed by atoms with Crippen molar-refractivity contribution in [3.8, 4) is 0 Å². The van der Waals surface area contributed by atoms with E-state index < -0.39 is 11.9 Å². The summed E-state index contributed by atoms with van der Waals surface area (Å²) in [5.41, 5.74) is 5.75. The molecule has 1 heterocycles. The molecule has 7 nitrogen and oxygen atoms in total. The molecule has 2 rings (SSSR count). The average molecular weight is 320 g/mol. The molecule has 0 bridgehead atoms. The van der Waals surface area contributed by atoms with Gasteiger partial charge in [-0.3, -0.25) is 9.59 Å². The van der Waals surface area contributed by atoms with Crippen LogP contribution in [-0.4, -0.2) is 34.6 Å². The molecular formula is C14H14ClN5O2. The predicted molar refractivity (Wildman–Crippen MR) is 82.4 cm³/mol. The van der Waals surface area contributed by atoms with E-state index in [4.69, 9.17) is 17.3 Å². The van der Waals surface area contributed by atoms with Crippen molar-refractivity contribution in [2.75, 3.05) is 11.9 Å². The Morgan fingerprint density at radius 2 is 1.86 bits per heavy atom. The zero-order chi connectivity index (χ0) is 15.9. The number of nitrogens with two attached hydrogens (primary N) is 1. The molecule has 0 saturated heterocycles. The lowest BCUT2D eigenvalue weighted by atomic mass is 10.2. The van der Waals surface area contributed by atoms with E-state index >= 15 is 0 Å². The quantitative estimate of drug-likeness (QED) is 0.730. The van der Waals surface area contributed by atoms with Crippen molar-refractivity contribution in [2.45, 2.75) is 6.04 Å². The zero-order valence-corrected chi connectivity index (χ0v) is 12.2. The molecule has 1 unspecified atom stereocenters. The molecule has 114 valence electrons. The van der Waals surface area contributed by atoms with Crippen molar-refractivity contribution in [2.24, 2.45) is 5.73 Å². The van der Waals surface area contributed by atoms with Crippen molar-refractivity contribution < 1.29 is 9.59 Å². The Labute approximate surface area is 131 Å². The fraction of sp³-hybridized carbons (Fsp3) is 0.143. The molecule has 22 heavy (non-hydrogen) atoms. The Hall–Kier alpha value is -2.67. The first kappa shape index (κ1) is 15.7. The van der Waals surface area contributed by atoms with E-state index in [2.05, 4.69) is 20.8 Å². The summed E-state index contributed by atoms with van der Waals surface area (Å²) in [5.74, 6) is -0.614. The highest BCUT2D eigenvalue weighted by atomic mass is 35.5. The van der Waals surface area contributed by atoms with E-state index in [0.717, 1.165) is 0 Å². The average Bonchev–Trinajstić information content (AvgIpc) is 2.53. The molecule has 1 aromatic heterocycles. The van der Waals surface area contributed by atoms with Gasteiger partial charge in [-0.05, 0) is 24.3 Å². The number of aromatic nitrogens is 2. The summed E-state index contributed by atoms with van der Waals surface area (Å²) in [6.45, 7) is 0.0875. The third kappa shape index (κ3) is 4.42. The SMILES string of the molecule is NC(=O)C(CNc1ccc(Cl)nn1)NC(=O)c1ccccc1. The van der Waals surface area contributed by atoms with E-state index in [0.29, 0.717) is 11.4 Å². The van der Waals surface area contributed by atoms with Crippen LogP contribution in [0.4, 0.5) is 5.82 Å². The van der Waals surface area contributed by atoms with Crippen molar-refractivity contribution in [1.82, 2.24) is 15.5 Å². The molecule has 0 spiro atoms. The van der Waals surface area contributed by atoms with Crippen molar-refractivity contribution in [3.05, 3.63) is 53.2 Å². The lowest BCUT2D eigenvalue weighted by Crippen LogP contribution is -2.48. The Morgan fingerprint density at radius 3 is 2.45 bits per heavy atom. The lowest BCUT2D eigenvalue weighted by molar-refractivity contribution is -0.119. The number of primary amides is 1. The van der Waals surface area contributed by atoms with Crippen molar-refractivity contribution in [3.63, 3.8) is 0 Å². The molecule has 8 heteroatoms. The van der Waals surface area contributed by atoms with Gasteiger partial charge in [0.25, 0.3) is 5.91 Å². The van der Waals surface area contributed by atoms with Crippen molar-refractivity contribution in [1.29, 1.82) is 0 Å². The highest BCUT2D eigenvalue weighted by Gasteiger charge is 2.18. The number of rotatable bonds is 6. The first-order valence-corrected chi connectivity index (χ1v) is 6.82. The standard InChI is InChI=1S/C14H14ClN5O2/c15-11-6-7-12(20-19-11)17-8-10(13(16)21)18-14(22)9-4-2-1-3-5-9/h1-7,10H,8H2,(H2,16,21)(H,17,20)(H,18,22). The molecule has 1 aromatic carbocycles. The van der Waals surface area contributed by atoms with Crippen molar-refractivity contribution >= 4 is 29.2 Å². The van der Waals surface area contributed by atoms with E-state index in [9.17, 15) is 9.59 Å². The molecule has 2 aromatic rings. The van der Waals surface area contributed by atoms with Crippen LogP contribution >= 0.6 is 11.6 Å². The highest BCUT2D eigenvalue weighted by Crippen LogP contribution is 2.06. The summed E-state index contributed by atoms with van der Waals surface area (Å²) in [7, 11) is 0. The molecule has 2 amide bonds. The summed E-state index contributed by atoms with van der Waals surface area (Å²) in [6, 6.07) is 10.8. The highest BCUT2D eigenvalue weighted by molar-refractivity contribution is 6.29. The topological polar surface area (TPSA) is 110 Å². The molecule has 4 N–H and O–H groups in total. The second kappa shape index (κ2) is 7.37. The van der Waals surface area contributed by atoms with Gasteiger partial charge in [0.15, 0.2) is 5.15 Å². The minimum absolute atomic E-state index is 0.0875. The largest absolute Gasteiger partial charge is 0.368 e. The number of anilines is 1. The number of nitrogens with zero attached hydrogens (tertiary/aromatic N) is 2. The predicted octanol–water partition coefficient (Wildman–Crippen LogP) is 0.826. The van der Waals surface area contributed by atoms with Crippen LogP contribution in [0.2, 0.25) is 5.15 Å². The van der Waals surface area contributed by atoms with Gasteiger partial charge in [0.1, 0.15) is 11.9 Å². The monoisotopic (exact) mass is 319 g/mol. The normalized spacial score (nSPS) is 11.5. The number of amides is 2. The van der Waals surface area contributed by atoms with Gasteiger partial charge in [-0.15, -0.1) is 10.2 Å². The fourth-order valence-corrected chi connectivity index (χ4v) is 1.77. The number of carbonyl (C=O) groups excluding carboxylic acids is 2. The van der Waals surface area contributed by atoms with Crippen LogP contribution in [0.15, 0.2) is 42.5 Å². The smallest absolute Gasteiger partial charge is 0.251 e. The van der Waals surface area contributed by atoms with E-state index in [1.807, 2.05) is 0 Å².